The Morgan fingerprint density at radius 2 is 1.85 bits per heavy atom. The van der Waals surface area contributed by atoms with Gasteiger partial charge in [-0.2, -0.15) is 4.31 Å². The number of sulfonamides is 1. The molecule has 0 spiro atoms. The number of nitrogens with zero attached hydrogens (tertiary/aromatic N) is 2. The lowest BCUT2D eigenvalue weighted by atomic mass is 10.3. The number of aromatic nitrogens is 1. The Morgan fingerprint density at radius 3 is 2.64 bits per heavy atom. The highest BCUT2D eigenvalue weighted by Gasteiger charge is 2.35. The molecule has 0 radical (unpaired) electrons. The maximum Gasteiger partial charge on any atom is 0.309 e. The first-order valence-corrected chi connectivity index (χ1v) is 11.9. The summed E-state index contributed by atoms with van der Waals surface area (Å²) in [6.45, 7) is 1.25. The van der Waals surface area contributed by atoms with Gasteiger partial charge in [0.15, 0.2) is 11.5 Å². The molecule has 0 saturated carbocycles. The molecule has 1 saturated heterocycles. The van der Waals surface area contributed by atoms with E-state index < -0.39 is 28.1 Å². The molecule has 4 rings (SSSR count). The first kappa shape index (κ1) is 23.0. The van der Waals surface area contributed by atoms with Gasteiger partial charge in [0.2, 0.25) is 10.0 Å². The highest BCUT2D eigenvalue weighted by molar-refractivity contribution is 7.89. The molecule has 1 aromatic carbocycles. The summed E-state index contributed by atoms with van der Waals surface area (Å²) in [6.07, 6.45) is 2.73. The number of hydrogen-bond acceptors (Lipinski definition) is 8. The molecule has 2 aliphatic rings. The third-order valence-electron chi connectivity index (χ3n) is 5.09. The summed E-state index contributed by atoms with van der Waals surface area (Å²) in [6, 6.07) is 7.90. The lowest BCUT2D eigenvalue weighted by molar-refractivity contribution is -0.140. The second-order valence-corrected chi connectivity index (χ2v) is 9.24. The van der Waals surface area contributed by atoms with E-state index in [9.17, 15) is 18.0 Å². The molecular formula is C21H24N4O7S. The number of pyridine rings is 1. The molecule has 1 aromatic heterocycles. The van der Waals surface area contributed by atoms with Gasteiger partial charge in [0.05, 0.1) is 18.0 Å². The van der Waals surface area contributed by atoms with E-state index in [0.717, 1.165) is 5.56 Å². The van der Waals surface area contributed by atoms with Crippen molar-refractivity contribution in [1.82, 2.24) is 19.9 Å². The van der Waals surface area contributed by atoms with Crippen LogP contribution in [0.25, 0.3) is 0 Å². The summed E-state index contributed by atoms with van der Waals surface area (Å²) in [5.74, 6) is -0.882. The predicted octanol–water partition coefficient (Wildman–Crippen LogP) is 0.0225. The molecule has 1 unspecified atom stereocenters. The van der Waals surface area contributed by atoms with E-state index in [0.29, 0.717) is 37.7 Å². The fraction of sp³-hybridized carbons (Fsp3) is 0.381. The zero-order valence-electron chi connectivity index (χ0n) is 17.7. The van der Waals surface area contributed by atoms with Gasteiger partial charge in [0.1, 0.15) is 19.4 Å². The Balaban J connectivity index is 1.38. The summed E-state index contributed by atoms with van der Waals surface area (Å²) in [5, 5.41) is 4.94. The number of amides is 2. The van der Waals surface area contributed by atoms with Crippen molar-refractivity contribution >= 4 is 21.8 Å². The first-order chi connectivity index (χ1) is 15.9. The smallest absolute Gasteiger partial charge is 0.309 e. The molecule has 11 nitrogen and oxygen atoms in total. The zero-order chi connectivity index (χ0) is 23.3. The molecule has 0 bridgehead atoms. The van der Waals surface area contributed by atoms with Gasteiger partial charge in [-0.1, -0.05) is 6.07 Å². The minimum Gasteiger partial charge on any atom is -0.486 e. The minimum atomic E-state index is -3.95. The van der Waals surface area contributed by atoms with Crippen LogP contribution in [0.3, 0.4) is 0 Å². The van der Waals surface area contributed by atoms with Crippen LogP contribution in [-0.2, 0) is 30.9 Å². The third-order valence-corrected chi connectivity index (χ3v) is 6.98. The molecule has 1 atom stereocenters. The number of hydrogen-bond donors (Lipinski definition) is 2. The van der Waals surface area contributed by atoms with Crippen molar-refractivity contribution in [3.8, 4) is 11.5 Å². The zero-order valence-corrected chi connectivity index (χ0v) is 18.5. The van der Waals surface area contributed by atoms with Gasteiger partial charge in [-0.05, 0) is 30.2 Å². The fourth-order valence-corrected chi connectivity index (χ4v) is 5.03. The topological polar surface area (TPSA) is 136 Å². The van der Waals surface area contributed by atoms with E-state index in [1.165, 1.54) is 16.4 Å². The van der Waals surface area contributed by atoms with E-state index in [-0.39, 0.29) is 24.5 Å². The van der Waals surface area contributed by atoms with E-state index >= 15 is 0 Å². The number of carbonyl (C=O) groups excluding carboxylic acids is 2. The number of nitrogens with one attached hydrogen (secondary N) is 2. The van der Waals surface area contributed by atoms with Crippen molar-refractivity contribution in [3.63, 3.8) is 0 Å². The van der Waals surface area contributed by atoms with Gasteiger partial charge in [-0.3, -0.25) is 14.6 Å². The van der Waals surface area contributed by atoms with Crippen LogP contribution >= 0.6 is 0 Å². The number of rotatable bonds is 6. The molecule has 1 fully saturated rings. The second kappa shape index (κ2) is 10.1. The molecular weight excluding hydrogens is 452 g/mol. The van der Waals surface area contributed by atoms with Crippen molar-refractivity contribution in [3.05, 3.63) is 48.3 Å². The second-order valence-electron chi connectivity index (χ2n) is 7.35. The largest absolute Gasteiger partial charge is 0.486 e. The molecule has 2 N–H and O–H groups in total. The maximum atomic E-state index is 13.3. The maximum absolute atomic E-state index is 13.3. The van der Waals surface area contributed by atoms with Crippen LogP contribution in [0.4, 0.5) is 0 Å². The van der Waals surface area contributed by atoms with E-state index in [4.69, 9.17) is 14.2 Å². The Bertz CT molecular complexity index is 1110. The average molecular weight is 477 g/mol. The van der Waals surface area contributed by atoms with Crippen molar-refractivity contribution < 1.29 is 32.2 Å². The number of benzene rings is 1. The molecule has 2 amide bonds. The van der Waals surface area contributed by atoms with E-state index in [1.54, 1.807) is 30.6 Å². The summed E-state index contributed by atoms with van der Waals surface area (Å²) < 4.78 is 44.3. The van der Waals surface area contributed by atoms with E-state index in [1.807, 2.05) is 0 Å². The van der Waals surface area contributed by atoms with Crippen LogP contribution in [0.15, 0.2) is 47.6 Å². The van der Waals surface area contributed by atoms with Crippen molar-refractivity contribution in [2.24, 2.45) is 0 Å². The Hall–Kier alpha value is -3.22. The van der Waals surface area contributed by atoms with Crippen LogP contribution in [0.5, 0.6) is 11.5 Å². The van der Waals surface area contributed by atoms with Gasteiger partial charge in [0.25, 0.3) is 0 Å². The van der Waals surface area contributed by atoms with Crippen LogP contribution in [-0.4, -0.2) is 68.7 Å². The van der Waals surface area contributed by atoms with E-state index in [2.05, 4.69) is 15.6 Å². The molecule has 2 aliphatic heterocycles. The summed E-state index contributed by atoms with van der Waals surface area (Å²) in [4.78, 5) is 28.3. The summed E-state index contributed by atoms with van der Waals surface area (Å²) >= 11 is 0. The third kappa shape index (κ3) is 5.41. The number of ether oxygens (including phenoxy) is 3. The Labute approximate surface area is 191 Å². The Morgan fingerprint density at radius 1 is 1.06 bits per heavy atom. The summed E-state index contributed by atoms with van der Waals surface area (Å²) in [5.41, 5.74) is 0.742. The van der Waals surface area contributed by atoms with Crippen molar-refractivity contribution in [2.75, 3.05) is 32.9 Å². The van der Waals surface area contributed by atoms with Gasteiger partial charge >= 0.3 is 11.8 Å². The lowest BCUT2D eigenvalue weighted by Gasteiger charge is -2.34. The van der Waals surface area contributed by atoms with Crippen LogP contribution in [0.2, 0.25) is 0 Å². The minimum absolute atomic E-state index is 0.0304. The average Bonchev–Trinajstić information content (AvgIpc) is 2.86. The standard InChI is InChI=1S/C21H24N4O7S/c26-20(23-13-15-3-1-6-22-12-15)21(27)24-14-19-25(7-2-8-32-19)33(28,29)16-4-5-17-18(11-16)31-10-9-30-17/h1,3-6,11-12,19H,2,7-10,13-14H2,(H,23,26)(H,24,27). The molecule has 3 heterocycles. The monoisotopic (exact) mass is 476 g/mol. The van der Waals surface area contributed by atoms with Crippen LogP contribution < -0.4 is 20.1 Å². The summed E-state index contributed by atoms with van der Waals surface area (Å²) in [7, 11) is -3.95. The SMILES string of the molecule is O=C(NCc1cccnc1)C(=O)NCC1OCCCN1S(=O)(=O)c1ccc2c(c1)OCCO2. The normalized spacial score (nSPS) is 18.4. The highest BCUT2D eigenvalue weighted by Crippen LogP contribution is 2.34. The molecule has 176 valence electrons. The molecule has 2 aromatic rings. The molecule has 12 heteroatoms. The number of carbonyl (C=O) groups is 2. The quantitative estimate of drug-likeness (QED) is 0.557. The van der Waals surface area contributed by atoms with Gasteiger partial charge < -0.3 is 24.8 Å². The number of fused-ring (bicyclic) bond motifs is 1. The molecule has 0 aliphatic carbocycles. The Kier molecular flexibility index (Phi) is 7.06. The van der Waals surface area contributed by atoms with Crippen LogP contribution in [0.1, 0.15) is 12.0 Å². The first-order valence-electron chi connectivity index (χ1n) is 10.4. The van der Waals surface area contributed by atoms with Gasteiger partial charge in [-0.15, -0.1) is 0 Å². The van der Waals surface area contributed by atoms with Crippen molar-refractivity contribution in [2.45, 2.75) is 24.1 Å². The van der Waals surface area contributed by atoms with Gasteiger partial charge in [0, 0.05) is 31.5 Å². The highest BCUT2D eigenvalue weighted by atomic mass is 32.2. The van der Waals surface area contributed by atoms with Crippen LogP contribution in [0, 0.1) is 0 Å². The fourth-order valence-electron chi connectivity index (χ4n) is 3.45. The molecule has 33 heavy (non-hydrogen) atoms. The van der Waals surface area contributed by atoms with Crippen molar-refractivity contribution in [1.29, 1.82) is 0 Å². The van der Waals surface area contributed by atoms with Gasteiger partial charge in [-0.25, -0.2) is 8.42 Å². The lowest BCUT2D eigenvalue weighted by Crippen LogP contribution is -2.53. The predicted molar refractivity (Wildman–Crippen MR) is 115 cm³/mol.